The Balaban J connectivity index is 1.46. The van der Waals surface area contributed by atoms with Gasteiger partial charge in [-0.25, -0.2) is 19.9 Å². The number of benzene rings is 1. The quantitative estimate of drug-likeness (QED) is 0.407. The maximum Gasteiger partial charge on any atom is 0.255 e. The molecule has 0 radical (unpaired) electrons. The van der Waals surface area contributed by atoms with E-state index in [1.807, 2.05) is 23.6 Å². The molecular weight excluding hydrogens is 497 g/mol. The van der Waals surface area contributed by atoms with Gasteiger partial charge in [0.1, 0.15) is 23.1 Å². The van der Waals surface area contributed by atoms with E-state index in [1.54, 1.807) is 35.5 Å². The normalized spacial score (nSPS) is 12.6. The van der Waals surface area contributed by atoms with Gasteiger partial charge in [-0.15, -0.1) is 0 Å². The number of nitrogen functional groups attached to an aromatic ring is 1. The second-order valence-electron chi connectivity index (χ2n) is 8.19. The van der Waals surface area contributed by atoms with Gasteiger partial charge in [0, 0.05) is 30.4 Å². The van der Waals surface area contributed by atoms with E-state index in [9.17, 15) is 4.79 Å². The van der Waals surface area contributed by atoms with Crippen LogP contribution in [0.25, 0.3) is 11.3 Å². The summed E-state index contributed by atoms with van der Waals surface area (Å²) in [5, 5.41) is 0.907. The van der Waals surface area contributed by atoms with Gasteiger partial charge in [0.15, 0.2) is 0 Å². The van der Waals surface area contributed by atoms with Crippen LogP contribution in [-0.2, 0) is 19.5 Å². The van der Waals surface area contributed by atoms with Gasteiger partial charge in [0.05, 0.1) is 40.3 Å². The SMILES string of the molecule is CCc1ncnc(-c2ccc(C(=O)N3CCn4c(Cl)cnc4C3)c(Cl)c2)c1C#Cc1ccc(N)nc1. The topological polar surface area (TPSA) is 103 Å². The second kappa shape index (κ2) is 9.97. The van der Waals surface area contributed by atoms with Gasteiger partial charge >= 0.3 is 0 Å². The molecule has 3 aromatic heterocycles. The highest BCUT2D eigenvalue weighted by Gasteiger charge is 2.25. The number of rotatable bonds is 3. The van der Waals surface area contributed by atoms with Gasteiger partial charge in [-0.2, -0.15) is 0 Å². The van der Waals surface area contributed by atoms with Crippen LogP contribution in [0.3, 0.4) is 0 Å². The number of aryl methyl sites for hydroxylation is 1. The lowest BCUT2D eigenvalue weighted by atomic mass is 10.0. The Kier molecular flexibility index (Phi) is 6.59. The molecule has 0 atom stereocenters. The maximum absolute atomic E-state index is 13.2. The molecule has 1 aliphatic rings. The van der Waals surface area contributed by atoms with Crippen LogP contribution in [0.15, 0.2) is 49.1 Å². The van der Waals surface area contributed by atoms with Crippen molar-refractivity contribution in [3.8, 4) is 23.1 Å². The summed E-state index contributed by atoms with van der Waals surface area (Å²) in [7, 11) is 0. The summed E-state index contributed by atoms with van der Waals surface area (Å²) >= 11 is 12.8. The summed E-state index contributed by atoms with van der Waals surface area (Å²) in [4.78, 5) is 32.2. The number of anilines is 1. The Morgan fingerprint density at radius 3 is 2.67 bits per heavy atom. The van der Waals surface area contributed by atoms with Crippen LogP contribution >= 0.6 is 23.2 Å². The number of nitrogens with zero attached hydrogens (tertiary/aromatic N) is 6. The van der Waals surface area contributed by atoms with Crippen molar-refractivity contribution < 1.29 is 4.79 Å². The number of fused-ring (bicyclic) bond motifs is 1. The van der Waals surface area contributed by atoms with Crippen molar-refractivity contribution in [1.82, 2.24) is 29.4 Å². The molecule has 1 amide bonds. The van der Waals surface area contributed by atoms with Crippen molar-refractivity contribution in [1.29, 1.82) is 0 Å². The summed E-state index contributed by atoms with van der Waals surface area (Å²) in [6.07, 6.45) is 5.41. The molecule has 0 unspecified atom stereocenters. The zero-order chi connectivity index (χ0) is 25.2. The lowest BCUT2D eigenvalue weighted by molar-refractivity contribution is 0.0708. The van der Waals surface area contributed by atoms with Crippen LogP contribution < -0.4 is 5.73 Å². The number of amides is 1. The van der Waals surface area contributed by atoms with Gasteiger partial charge in [-0.1, -0.05) is 48.0 Å². The van der Waals surface area contributed by atoms with Crippen molar-refractivity contribution in [3.05, 3.63) is 87.4 Å². The van der Waals surface area contributed by atoms with Crippen LogP contribution in [-0.4, -0.2) is 41.9 Å². The number of halogens is 2. The van der Waals surface area contributed by atoms with E-state index in [0.29, 0.717) is 58.9 Å². The van der Waals surface area contributed by atoms with Gasteiger partial charge in [0.25, 0.3) is 5.91 Å². The standard InChI is InChI=1S/C26H21Cl2N7O/c1-2-21-19(6-3-16-4-8-23(29)30-12-16)25(33-15-32-21)17-5-7-18(20(27)11-17)26(36)34-9-10-35-22(28)13-31-24(35)14-34/h4-5,7-8,11-13,15H,2,9-10,14H2,1H3,(H2,29,30). The molecule has 0 spiro atoms. The molecule has 5 rings (SSSR count). The highest BCUT2D eigenvalue weighted by molar-refractivity contribution is 6.34. The fraction of sp³-hybridized carbons (Fsp3) is 0.192. The summed E-state index contributed by atoms with van der Waals surface area (Å²) < 4.78 is 1.90. The summed E-state index contributed by atoms with van der Waals surface area (Å²) in [6, 6.07) is 8.81. The molecule has 1 aromatic carbocycles. The van der Waals surface area contributed by atoms with E-state index in [4.69, 9.17) is 28.9 Å². The Morgan fingerprint density at radius 2 is 1.92 bits per heavy atom. The molecule has 2 N–H and O–H groups in total. The first-order valence-electron chi connectivity index (χ1n) is 11.3. The summed E-state index contributed by atoms with van der Waals surface area (Å²) in [5.41, 5.74) is 9.71. The Hall–Kier alpha value is -3.93. The second-order valence-corrected chi connectivity index (χ2v) is 8.98. The van der Waals surface area contributed by atoms with E-state index in [0.717, 1.165) is 22.6 Å². The van der Waals surface area contributed by atoms with Crippen molar-refractivity contribution in [2.24, 2.45) is 0 Å². The molecule has 1 aliphatic heterocycles. The largest absolute Gasteiger partial charge is 0.384 e. The van der Waals surface area contributed by atoms with Crippen LogP contribution in [0, 0.1) is 11.8 Å². The van der Waals surface area contributed by atoms with Gasteiger partial charge in [-0.05, 0) is 30.7 Å². The van der Waals surface area contributed by atoms with Crippen LogP contribution in [0.2, 0.25) is 10.2 Å². The maximum atomic E-state index is 13.2. The third-order valence-electron chi connectivity index (χ3n) is 5.95. The molecule has 0 fully saturated rings. The summed E-state index contributed by atoms with van der Waals surface area (Å²) in [5.74, 6) is 7.32. The molecule has 10 heteroatoms. The van der Waals surface area contributed by atoms with E-state index in [1.165, 1.54) is 6.33 Å². The third kappa shape index (κ3) is 4.63. The van der Waals surface area contributed by atoms with Crippen LogP contribution in [0.1, 0.15) is 39.9 Å². The van der Waals surface area contributed by atoms with E-state index >= 15 is 0 Å². The van der Waals surface area contributed by atoms with E-state index in [2.05, 4.69) is 31.8 Å². The lowest BCUT2D eigenvalue weighted by Crippen LogP contribution is -2.38. The number of imidazole rings is 1. The number of aromatic nitrogens is 5. The van der Waals surface area contributed by atoms with Gasteiger partial charge in [0.2, 0.25) is 0 Å². The predicted octanol–water partition coefficient (Wildman–Crippen LogP) is 4.24. The predicted molar refractivity (Wildman–Crippen MR) is 138 cm³/mol. The molecule has 0 saturated heterocycles. The van der Waals surface area contributed by atoms with Crippen LogP contribution in [0.4, 0.5) is 5.82 Å². The first kappa shape index (κ1) is 23.8. The zero-order valence-electron chi connectivity index (χ0n) is 19.4. The summed E-state index contributed by atoms with van der Waals surface area (Å²) in [6.45, 7) is 3.48. The molecule has 8 nitrogen and oxygen atoms in total. The monoisotopic (exact) mass is 517 g/mol. The van der Waals surface area contributed by atoms with E-state index < -0.39 is 0 Å². The lowest BCUT2D eigenvalue weighted by Gasteiger charge is -2.28. The van der Waals surface area contributed by atoms with Crippen molar-refractivity contribution in [3.63, 3.8) is 0 Å². The smallest absolute Gasteiger partial charge is 0.255 e. The number of hydrogen-bond acceptors (Lipinski definition) is 6. The third-order valence-corrected chi connectivity index (χ3v) is 6.57. The van der Waals surface area contributed by atoms with Gasteiger partial charge in [-0.3, -0.25) is 4.79 Å². The van der Waals surface area contributed by atoms with Crippen molar-refractivity contribution >= 4 is 34.9 Å². The molecule has 0 aliphatic carbocycles. The highest BCUT2D eigenvalue weighted by Crippen LogP contribution is 2.29. The average molecular weight is 518 g/mol. The van der Waals surface area contributed by atoms with Crippen molar-refractivity contribution in [2.45, 2.75) is 26.4 Å². The Bertz CT molecular complexity index is 1520. The fourth-order valence-corrected chi connectivity index (χ4v) is 4.55. The fourth-order valence-electron chi connectivity index (χ4n) is 4.06. The molecule has 36 heavy (non-hydrogen) atoms. The minimum absolute atomic E-state index is 0.162. The number of hydrogen-bond donors (Lipinski definition) is 1. The zero-order valence-corrected chi connectivity index (χ0v) is 20.9. The number of carbonyl (C=O) groups excluding carboxylic acids is 1. The molecule has 180 valence electrons. The Labute approximate surface area is 218 Å². The minimum atomic E-state index is -0.162. The average Bonchev–Trinajstić information content (AvgIpc) is 3.27. The number of nitrogens with two attached hydrogens (primary N) is 1. The molecule has 0 bridgehead atoms. The molecular formula is C26H21Cl2N7O. The van der Waals surface area contributed by atoms with Crippen LogP contribution in [0.5, 0.6) is 0 Å². The molecule has 0 saturated carbocycles. The molecule has 4 heterocycles. The molecule has 4 aromatic rings. The minimum Gasteiger partial charge on any atom is -0.384 e. The number of pyridine rings is 1. The first-order chi connectivity index (χ1) is 17.4. The Morgan fingerprint density at radius 1 is 1.06 bits per heavy atom. The van der Waals surface area contributed by atoms with E-state index in [-0.39, 0.29) is 5.91 Å². The highest BCUT2D eigenvalue weighted by atomic mass is 35.5. The number of carbonyl (C=O) groups is 1. The van der Waals surface area contributed by atoms with Gasteiger partial charge < -0.3 is 15.2 Å². The first-order valence-corrected chi connectivity index (χ1v) is 12.1. The van der Waals surface area contributed by atoms with Crippen molar-refractivity contribution in [2.75, 3.05) is 12.3 Å².